The minimum Gasteiger partial charge on any atom is -0.395 e. The quantitative estimate of drug-likeness (QED) is 0.184. The van der Waals surface area contributed by atoms with Crippen molar-refractivity contribution in [1.29, 1.82) is 0 Å². The van der Waals surface area contributed by atoms with Crippen LogP contribution in [0.2, 0.25) is 0 Å². The number of nitrogens with one attached hydrogen (secondary N) is 1. The molecular formula is C24H51NO. The number of hydrogen-bond donors (Lipinski definition) is 2. The second kappa shape index (κ2) is 24.9. The first-order chi connectivity index (χ1) is 12.9. The first kappa shape index (κ1) is 25.9. The molecule has 0 aromatic rings. The highest BCUT2D eigenvalue weighted by Gasteiger charge is 1.95. The predicted octanol–water partition coefficient (Wildman–Crippen LogP) is 7.39. The third kappa shape index (κ3) is 23.9. The van der Waals surface area contributed by atoms with E-state index in [4.69, 9.17) is 5.11 Å². The van der Waals surface area contributed by atoms with Gasteiger partial charge in [0.1, 0.15) is 0 Å². The van der Waals surface area contributed by atoms with Crippen molar-refractivity contribution in [2.75, 3.05) is 19.7 Å². The average Bonchev–Trinajstić information content (AvgIpc) is 2.66. The standard InChI is InChI=1S/C24H51NO/c1-2-3-4-5-6-7-8-9-10-11-12-13-14-15-16-17-18-19-20-21-22-25-23-24-26/h25-26H,2-24H2,1H3. The van der Waals surface area contributed by atoms with E-state index in [9.17, 15) is 0 Å². The van der Waals surface area contributed by atoms with Crippen LogP contribution in [-0.4, -0.2) is 24.8 Å². The van der Waals surface area contributed by atoms with Crippen LogP contribution in [0, 0.1) is 0 Å². The van der Waals surface area contributed by atoms with Gasteiger partial charge in [-0.15, -0.1) is 0 Å². The van der Waals surface area contributed by atoms with Crippen molar-refractivity contribution in [3.05, 3.63) is 0 Å². The van der Waals surface area contributed by atoms with E-state index in [-0.39, 0.29) is 6.61 Å². The molecule has 0 amide bonds. The van der Waals surface area contributed by atoms with Gasteiger partial charge in [0, 0.05) is 6.54 Å². The third-order valence-corrected chi connectivity index (χ3v) is 5.50. The molecule has 2 N–H and O–H groups in total. The molecule has 26 heavy (non-hydrogen) atoms. The van der Waals surface area contributed by atoms with Crippen LogP contribution in [0.4, 0.5) is 0 Å². The molecule has 2 heteroatoms. The fraction of sp³-hybridized carbons (Fsp3) is 1.00. The molecule has 0 heterocycles. The van der Waals surface area contributed by atoms with Crippen LogP contribution in [0.25, 0.3) is 0 Å². The van der Waals surface area contributed by atoms with Crippen molar-refractivity contribution in [3.63, 3.8) is 0 Å². The zero-order valence-electron chi connectivity index (χ0n) is 18.2. The summed E-state index contributed by atoms with van der Waals surface area (Å²) in [6.45, 7) is 4.38. The first-order valence-electron chi connectivity index (χ1n) is 12.2. The first-order valence-corrected chi connectivity index (χ1v) is 12.2. The highest BCUT2D eigenvalue weighted by Crippen LogP contribution is 2.14. The molecule has 0 bridgehead atoms. The molecule has 2 nitrogen and oxygen atoms in total. The molecule has 0 spiro atoms. The topological polar surface area (TPSA) is 32.3 Å². The normalized spacial score (nSPS) is 11.3. The van der Waals surface area contributed by atoms with E-state index in [0.29, 0.717) is 0 Å². The third-order valence-electron chi connectivity index (χ3n) is 5.50. The number of aliphatic hydroxyl groups excluding tert-OH is 1. The Bertz CT molecular complexity index is 208. The summed E-state index contributed by atoms with van der Waals surface area (Å²) in [6, 6.07) is 0. The summed E-state index contributed by atoms with van der Waals surface area (Å²) in [4.78, 5) is 0. The summed E-state index contributed by atoms with van der Waals surface area (Å²) in [5.74, 6) is 0. The van der Waals surface area contributed by atoms with Gasteiger partial charge in [0.25, 0.3) is 0 Å². The molecule has 158 valence electrons. The lowest BCUT2D eigenvalue weighted by Crippen LogP contribution is -2.19. The summed E-state index contributed by atoms with van der Waals surface area (Å²) in [5.41, 5.74) is 0. The summed E-state index contributed by atoms with van der Waals surface area (Å²) in [6.07, 6.45) is 28.7. The molecule has 0 atom stereocenters. The van der Waals surface area contributed by atoms with Gasteiger partial charge in [0.2, 0.25) is 0 Å². The second-order valence-corrected chi connectivity index (χ2v) is 8.19. The smallest absolute Gasteiger partial charge is 0.0555 e. The van der Waals surface area contributed by atoms with Crippen LogP contribution in [-0.2, 0) is 0 Å². The van der Waals surface area contributed by atoms with Crippen LogP contribution in [0.1, 0.15) is 135 Å². The summed E-state index contributed by atoms with van der Waals surface area (Å²) < 4.78 is 0. The Labute approximate surface area is 165 Å². The van der Waals surface area contributed by atoms with E-state index < -0.39 is 0 Å². The van der Waals surface area contributed by atoms with Crippen LogP contribution < -0.4 is 5.32 Å². The molecule has 0 aromatic carbocycles. The van der Waals surface area contributed by atoms with Crippen LogP contribution >= 0.6 is 0 Å². The number of hydrogen-bond acceptors (Lipinski definition) is 2. The summed E-state index contributed by atoms with van der Waals surface area (Å²) in [7, 11) is 0. The minimum absolute atomic E-state index is 0.263. The minimum atomic E-state index is 0.263. The Kier molecular flexibility index (Phi) is 24.8. The van der Waals surface area contributed by atoms with Gasteiger partial charge in [-0.3, -0.25) is 0 Å². The largest absolute Gasteiger partial charge is 0.395 e. The zero-order chi connectivity index (χ0) is 19.0. The Morgan fingerprint density at radius 3 is 1.04 bits per heavy atom. The van der Waals surface area contributed by atoms with Gasteiger partial charge < -0.3 is 10.4 Å². The fourth-order valence-electron chi connectivity index (χ4n) is 3.71. The second-order valence-electron chi connectivity index (χ2n) is 8.19. The van der Waals surface area contributed by atoms with E-state index in [1.165, 1.54) is 128 Å². The maximum atomic E-state index is 8.67. The average molecular weight is 370 g/mol. The van der Waals surface area contributed by atoms with E-state index in [1.807, 2.05) is 0 Å². The molecule has 0 fully saturated rings. The van der Waals surface area contributed by atoms with E-state index in [0.717, 1.165) is 13.1 Å². The van der Waals surface area contributed by atoms with Gasteiger partial charge in [-0.25, -0.2) is 0 Å². The lowest BCUT2D eigenvalue weighted by Gasteiger charge is -2.04. The lowest BCUT2D eigenvalue weighted by molar-refractivity contribution is 0.292. The Morgan fingerprint density at radius 1 is 0.423 bits per heavy atom. The molecule has 0 aromatic heterocycles. The summed E-state index contributed by atoms with van der Waals surface area (Å²) in [5, 5.41) is 11.9. The van der Waals surface area contributed by atoms with Gasteiger partial charge in [0.15, 0.2) is 0 Å². The molecule has 0 radical (unpaired) electrons. The lowest BCUT2D eigenvalue weighted by atomic mass is 10.0. The van der Waals surface area contributed by atoms with Crippen molar-refractivity contribution in [3.8, 4) is 0 Å². The van der Waals surface area contributed by atoms with Gasteiger partial charge in [0.05, 0.1) is 6.61 Å². The van der Waals surface area contributed by atoms with Crippen LogP contribution in [0.15, 0.2) is 0 Å². The molecule has 0 rings (SSSR count). The van der Waals surface area contributed by atoms with Crippen molar-refractivity contribution >= 4 is 0 Å². The van der Waals surface area contributed by atoms with Crippen LogP contribution in [0.5, 0.6) is 0 Å². The highest BCUT2D eigenvalue weighted by molar-refractivity contribution is 4.52. The molecule has 0 aliphatic heterocycles. The molecule has 0 aliphatic carbocycles. The van der Waals surface area contributed by atoms with Crippen molar-refractivity contribution in [2.45, 2.75) is 135 Å². The Balaban J connectivity index is 2.95. The molecule has 0 unspecified atom stereocenters. The van der Waals surface area contributed by atoms with Crippen molar-refractivity contribution < 1.29 is 5.11 Å². The highest BCUT2D eigenvalue weighted by atomic mass is 16.3. The number of unbranched alkanes of at least 4 members (excludes halogenated alkanes) is 19. The van der Waals surface area contributed by atoms with Crippen LogP contribution in [0.3, 0.4) is 0 Å². The van der Waals surface area contributed by atoms with Crippen molar-refractivity contribution in [1.82, 2.24) is 5.32 Å². The van der Waals surface area contributed by atoms with Gasteiger partial charge >= 0.3 is 0 Å². The Hall–Kier alpha value is -0.0800. The maximum Gasteiger partial charge on any atom is 0.0555 e. The molecule has 0 aliphatic rings. The monoisotopic (exact) mass is 369 g/mol. The summed E-state index contributed by atoms with van der Waals surface area (Å²) >= 11 is 0. The predicted molar refractivity (Wildman–Crippen MR) is 118 cm³/mol. The van der Waals surface area contributed by atoms with Gasteiger partial charge in [-0.1, -0.05) is 129 Å². The maximum absolute atomic E-state index is 8.67. The fourth-order valence-corrected chi connectivity index (χ4v) is 3.71. The molecular weight excluding hydrogens is 318 g/mol. The van der Waals surface area contributed by atoms with Gasteiger partial charge in [-0.2, -0.15) is 0 Å². The van der Waals surface area contributed by atoms with Crippen molar-refractivity contribution in [2.24, 2.45) is 0 Å². The number of aliphatic hydroxyl groups is 1. The molecule has 0 saturated heterocycles. The SMILES string of the molecule is CCCCCCCCCCCCCCCCCCCCCCNCCO. The van der Waals surface area contributed by atoms with Gasteiger partial charge in [-0.05, 0) is 13.0 Å². The van der Waals surface area contributed by atoms with E-state index >= 15 is 0 Å². The Morgan fingerprint density at radius 2 is 0.731 bits per heavy atom. The van der Waals surface area contributed by atoms with E-state index in [2.05, 4.69) is 12.2 Å². The zero-order valence-corrected chi connectivity index (χ0v) is 18.2. The van der Waals surface area contributed by atoms with E-state index in [1.54, 1.807) is 0 Å². The molecule has 0 saturated carbocycles. The number of rotatable bonds is 23.